The maximum Gasteiger partial charge on any atom is 0.416 e. The van der Waals surface area contributed by atoms with Crippen LogP contribution in [0.5, 0.6) is 0 Å². The second-order valence-electron chi connectivity index (χ2n) is 7.98. The van der Waals surface area contributed by atoms with Crippen LogP contribution in [0.2, 0.25) is 0 Å². The number of rotatable bonds is 7. The van der Waals surface area contributed by atoms with Gasteiger partial charge in [-0.15, -0.1) is 0 Å². The summed E-state index contributed by atoms with van der Waals surface area (Å²) in [6.07, 6.45) is -3.66. The second-order valence-corrected chi connectivity index (χ2v) is 7.98. The van der Waals surface area contributed by atoms with Crippen molar-refractivity contribution in [1.29, 1.82) is 0 Å². The smallest absolute Gasteiger partial charge is 0.356 e. The van der Waals surface area contributed by atoms with Gasteiger partial charge < -0.3 is 15.5 Å². The second kappa shape index (κ2) is 10.8. The summed E-state index contributed by atoms with van der Waals surface area (Å²) in [6, 6.07) is 5.75. The Morgan fingerprint density at radius 2 is 1.69 bits per heavy atom. The zero-order chi connectivity index (χ0) is 21.4. The van der Waals surface area contributed by atoms with Crippen molar-refractivity contribution < 1.29 is 13.2 Å². The van der Waals surface area contributed by atoms with Crippen molar-refractivity contribution in [3.05, 3.63) is 35.4 Å². The van der Waals surface area contributed by atoms with Crippen molar-refractivity contribution in [2.75, 3.05) is 53.4 Å². The molecule has 1 fully saturated rings. The molecule has 29 heavy (non-hydrogen) atoms. The van der Waals surface area contributed by atoms with Crippen molar-refractivity contribution in [1.82, 2.24) is 20.4 Å². The number of likely N-dealkylation sites (N-methyl/N-ethyl adjacent to an activating group) is 1. The van der Waals surface area contributed by atoms with Crippen LogP contribution in [0.1, 0.15) is 25.0 Å². The monoisotopic (exact) mass is 413 g/mol. The highest BCUT2D eigenvalue weighted by Gasteiger charge is 2.30. The SMILES string of the molecule is CN=C(NCCc1ccc(C(F)(F)F)cc1)NCC(C(C)C)N1CCN(C)CC1. The molecule has 164 valence electrons. The average Bonchev–Trinajstić information content (AvgIpc) is 2.67. The number of benzene rings is 1. The van der Waals surface area contributed by atoms with Crippen LogP contribution in [0.4, 0.5) is 13.2 Å². The first-order valence-corrected chi connectivity index (χ1v) is 10.2. The Balaban J connectivity index is 1.79. The van der Waals surface area contributed by atoms with E-state index in [0.29, 0.717) is 24.9 Å². The van der Waals surface area contributed by atoms with Crippen molar-refractivity contribution in [2.45, 2.75) is 32.5 Å². The molecule has 2 rings (SSSR count). The van der Waals surface area contributed by atoms with Gasteiger partial charge in [0.05, 0.1) is 5.56 Å². The normalized spacial score (nSPS) is 18.1. The molecule has 1 aromatic rings. The van der Waals surface area contributed by atoms with E-state index >= 15 is 0 Å². The fourth-order valence-electron chi connectivity index (χ4n) is 3.55. The summed E-state index contributed by atoms with van der Waals surface area (Å²) >= 11 is 0. The van der Waals surface area contributed by atoms with Crippen LogP contribution in [-0.4, -0.2) is 75.2 Å². The largest absolute Gasteiger partial charge is 0.416 e. The Labute approximate surface area is 172 Å². The summed E-state index contributed by atoms with van der Waals surface area (Å²) in [6.45, 7) is 10.2. The Kier molecular flexibility index (Phi) is 8.77. The van der Waals surface area contributed by atoms with E-state index in [9.17, 15) is 13.2 Å². The maximum absolute atomic E-state index is 12.6. The Hall–Kier alpha value is -1.80. The standard InChI is InChI=1S/C21H34F3N5/c1-16(2)19(29-13-11-28(4)12-14-29)15-27-20(25-3)26-10-9-17-5-7-18(8-6-17)21(22,23)24/h5-8,16,19H,9-15H2,1-4H3,(H2,25,26,27). The highest BCUT2D eigenvalue weighted by molar-refractivity contribution is 5.79. The molecule has 0 saturated carbocycles. The van der Waals surface area contributed by atoms with Crippen LogP contribution >= 0.6 is 0 Å². The third-order valence-corrected chi connectivity index (χ3v) is 5.47. The van der Waals surface area contributed by atoms with Gasteiger partial charge in [0.2, 0.25) is 0 Å². The summed E-state index contributed by atoms with van der Waals surface area (Å²) in [7, 11) is 3.89. The van der Waals surface area contributed by atoms with Gasteiger partial charge in [-0.25, -0.2) is 0 Å². The van der Waals surface area contributed by atoms with Gasteiger partial charge >= 0.3 is 6.18 Å². The highest BCUT2D eigenvalue weighted by atomic mass is 19.4. The molecule has 2 N–H and O–H groups in total. The molecular weight excluding hydrogens is 379 g/mol. The Morgan fingerprint density at radius 3 is 2.21 bits per heavy atom. The average molecular weight is 414 g/mol. The first-order valence-electron chi connectivity index (χ1n) is 10.2. The van der Waals surface area contributed by atoms with Crippen LogP contribution in [0.3, 0.4) is 0 Å². The molecule has 0 radical (unpaired) electrons. The molecule has 1 atom stereocenters. The molecule has 0 aliphatic carbocycles. The van der Waals surface area contributed by atoms with Crippen LogP contribution < -0.4 is 10.6 Å². The minimum atomic E-state index is -4.29. The summed E-state index contributed by atoms with van der Waals surface area (Å²) in [5.74, 6) is 1.24. The lowest BCUT2D eigenvalue weighted by Gasteiger charge is -2.40. The van der Waals surface area contributed by atoms with Crippen LogP contribution in [0, 0.1) is 5.92 Å². The van der Waals surface area contributed by atoms with E-state index in [2.05, 4.69) is 46.3 Å². The first-order chi connectivity index (χ1) is 13.7. The van der Waals surface area contributed by atoms with Crippen LogP contribution in [-0.2, 0) is 12.6 Å². The minimum Gasteiger partial charge on any atom is -0.356 e. The molecule has 1 saturated heterocycles. The van der Waals surface area contributed by atoms with Crippen LogP contribution in [0.25, 0.3) is 0 Å². The van der Waals surface area contributed by atoms with E-state index in [1.165, 1.54) is 12.1 Å². The van der Waals surface area contributed by atoms with E-state index in [0.717, 1.165) is 56.4 Å². The van der Waals surface area contributed by atoms with Gasteiger partial charge in [-0.1, -0.05) is 26.0 Å². The van der Waals surface area contributed by atoms with Crippen molar-refractivity contribution in [3.8, 4) is 0 Å². The molecule has 0 spiro atoms. The summed E-state index contributed by atoms with van der Waals surface area (Å²) in [5, 5.41) is 6.67. The predicted octanol–water partition coefficient (Wildman–Crippen LogP) is 2.68. The molecule has 5 nitrogen and oxygen atoms in total. The summed E-state index contributed by atoms with van der Waals surface area (Å²) in [5.41, 5.74) is 0.244. The lowest BCUT2D eigenvalue weighted by atomic mass is 10.0. The van der Waals surface area contributed by atoms with E-state index in [4.69, 9.17) is 0 Å². The number of halogens is 3. The molecule has 1 aromatic carbocycles. The number of alkyl halides is 3. The molecule has 8 heteroatoms. The van der Waals surface area contributed by atoms with E-state index in [1.807, 2.05) is 0 Å². The number of aliphatic imine (C=N–C) groups is 1. The van der Waals surface area contributed by atoms with E-state index < -0.39 is 11.7 Å². The number of nitrogens with zero attached hydrogens (tertiary/aromatic N) is 3. The lowest BCUT2D eigenvalue weighted by molar-refractivity contribution is -0.137. The van der Waals surface area contributed by atoms with Gasteiger partial charge in [-0.3, -0.25) is 9.89 Å². The van der Waals surface area contributed by atoms with Gasteiger partial charge in [0.1, 0.15) is 0 Å². The zero-order valence-corrected chi connectivity index (χ0v) is 17.9. The fourth-order valence-corrected chi connectivity index (χ4v) is 3.55. The fraction of sp³-hybridized carbons (Fsp3) is 0.667. The van der Waals surface area contributed by atoms with Gasteiger partial charge in [0.15, 0.2) is 5.96 Å². The summed E-state index contributed by atoms with van der Waals surface area (Å²) < 4.78 is 37.9. The summed E-state index contributed by atoms with van der Waals surface area (Å²) in [4.78, 5) is 9.16. The number of guanidine groups is 1. The third kappa shape index (κ3) is 7.51. The van der Waals surface area contributed by atoms with Gasteiger partial charge in [-0.2, -0.15) is 13.2 Å². The van der Waals surface area contributed by atoms with Crippen molar-refractivity contribution in [3.63, 3.8) is 0 Å². The molecule has 1 aliphatic heterocycles. The molecule has 0 aromatic heterocycles. The van der Waals surface area contributed by atoms with Crippen LogP contribution in [0.15, 0.2) is 29.3 Å². The molecule has 1 aliphatic rings. The van der Waals surface area contributed by atoms with Crippen molar-refractivity contribution >= 4 is 5.96 Å². The van der Waals surface area contributed by atoms with E-state index in [-0.39, 0.29) is 0 Å². The van der Waals surface area contributed by atoms with Gasteiger partial charge in [0.25, 0.3) is 0 Å². The Bertz CT molecular complexity index is 635. The minimum absolute atomic E-state index is 0.428. The Morgan fingerprint density at radius 1 is 1.07 bits per heavy atom. The third-order valence-electron chi connectivity index (χ3n) is 5.47. The van der Waals surface area contributed by atoms with Crippen molar-refractivity contribution in [2.24, 2.45) is 10.9 Å². The predicted molar refractivity (Wildman–Crippen MR) is 112 cm³/mol. The number of hydrogen-bond acceptors (Lipinski definition) is 3. The number of hydrogen-bond donors (Lipinski definition) is 2. The molecule has 1 heterocycles. The lowest BCUT2D eigenvalue weighted by Crippen LogP contribution is -2.55. The first kappa shape index (κ1) is 23.5. The highest BCUT2D eigenvalue weighted by Crippen LogP contribution is 2.29. The number of nitrogens with one attached hydrogen (secondary N) is 2. The zero-order valence-electron chi connectivity index (χ0n) is 17.9. The molecular formula is C21H34F3N5. The molecule has 0 bridgehead atoms. The van der Waals surface area contributed by atoms with E-state index in [1.54, 1.807) is 7.05 Å². The molecule has 0 amide bonds. The quantitative estimate of drug-likeness (QED) is 0.533. The van der Waals surface area contributed by atoms with Gasteiger partial charge in [0, 0.05) is 52.4 Å². The topological polar surface area (TPSA) is 42.9 Å². The maximum atomic E-state index is 12.6. The van der Waals surface area contributed by atoms with Gasteiger partial charge in [-0.05, 0) is 37.1 Å². The molecule has 1 unspecified atom stereocenters. The number of piperazine rings is 1.